The van der Waals surface area contributed by atoms with Gasteiger partial charge in [-0.15, -0.1) is 12.4 Å². The molecule has 2 N–H and O–H groups in total. The van der Waals surface area contributed by atoms with Gasteiger partial charge in [-0.05, 0) is 12.1 Å². The highest BCUT2D eigenvalue weighted by Crippen LogP contribution is 2.24. The first-order chi connectivity index (χ1) is 8.22. The predicted octanol–water partition coefficient (Wildman–Crippen LogP) is 0.926. The minimum absolute atomic E-state index is 0. The van der Waals surface area contributed by atoms with E-state index in [4.69, 9.17) is 11.6 Å². The molecule has 1 aliphatic heterocycles. The number of halogens is 2. The third-order valence-electron chi connectivity index (χ3n) is 2.75. The van der Waals surface area contributed by atoms with E-state index in [1.54, 1.807) is 13.1 Å². The Morgan fingerprint density at radius 2 is 2.11 bits per heavy atom. The van der Waals surface area contributed by atoms with Gasteiger partial charge in [0, 0.05) is 33.2 Å². The molecule has 0 saturated carbocycles. The van der Waals surface area contributed by atoms with Crippen molar-refractivity contribution < 1.29 is 4.79 Å². The first kappa shape index (κ1) is 15.0. The fraction of sp³-hybridized carbons (Fsp3) is 0.455. The Bertz CT molecular complexity index is 422. The fourth-order valence-corrected chi connectivity index (χ4v) is 2.10. The third kappa shape index (κ3) is 3.25. The summed E-state index contributed by atoms with van der Waals surface area (Å²) in [6.45, 7) is 3.68. The van der Waals surface area contributed by atoms with E-state index in [1.807, 2.05) is 6.07 Å². The summed E-state index contributed by atoms with van der Waals surface area (Å²) in [6, 6.07) is 3.55. The van der Waals surface area contributed by atoms with Gasteiger partial charge in [-0.25, -0.2) is 4.98 Å². The van der Waals surface area contributed by atoms with Crippen LogP contribution in [0.3, 0.4) is 0 Å². The number of piperazine rings is 1. The molecule has 0 atom stereocenters. The standard InChI is InChI=1S/C11H15ClN4O.ClH/c1-13-11(17)8-2-3-9(10(12)15-8)16-6-4-14-5-7-16;/h2-3,14H,4-7H2,1H3,(H,13,17);1H. The number of carbonyl (C=O) groups is 1. The Hall–Kier alpha value is -1.04. The van der Waals surface area contributed by atoms with Crippen molar-refractivity contribution in [3.05, 3.63) is 23.0 Å². The van der Waals surface area contributed by atoms with E-state index in [-0.39, 0.29) is 18.3 Å². The van der Waals surface area contributed by atoms with Crippen LogP contribution in [0, 0.1) is 0 Å². The lowest BCUT2D eigenvalue weighted by atomic mass is 10.2. The van der Waals surface area contributed by atoms with E-state index in [1.165, 1.54) is 0 Å². The molecule has 2 heterocycles. The molecule has 0 bridgehead atoms. The molecule has 1 saturated heterocycles. The fourth-order valence-electron chi connectivity index (χ4n) is 1.82. The van der Waals surface area contributed by atoms with Crippen molar-refractivity contribution in [2.75, 3.05) is 38.1 Å². The molecule has 0 aromatic carbocycles. The first-order valence-corrected chi connectivity index (χ1v) is 5.94. The number of pyridine rings is 1. The van der Waals surface area contributed by atoms with Gasteiger partial charge in [-0.2, -0.15) is 0 Å². The van der Waals surface area contributed by atoms with E-state index in [0.29, 0.717) is 10.8 Å². The van der Waals surface area contributed by atoms with Crippen LogP contribution < -0.4 is 15.5 Å². The summed E-state index contributed by atoms with van der Waals surface area (Å²) in [5.41, 5.74) is 1.23. The van der Waals surface area contributed by atoms with Gasteiger partial charge in [0.2, 0.25) is 0 Å². The number of carbonyl (C=O) groups excluding carboxylic acids is 1. The van der Waals surface area contributed by atoms with Crippen molar-refractivity contribution in [3.8, 4) is 0 Å². The average Bonchev–Trinajstić information content (AvgIpc) is 2.38. The molecule has 100 valence electrons. The van der Waals surface area contributed by atoms with Crippen molar-refractivity contribution in [1.82, 2.24) is 15.6 Å². The summed E-state index contributed by atoms with van der Waals surface area (Å²) in [4.78, 5) is 17.7. The number of amides is 1. The molecule has 1 fully saturated rings. The van der Waals surface area contributed by atoms with Crippen LogP contribution in [-0.4, -0.2) is 44.1 Å². The van der Waals surface area contributed by atoms with Crippen LogP contribution in [0.15, 0.2) is 12.1 Å². The van der Waals surface area contributed by atoms with E-state index in [0.717, 1.165) is 31.9 Å². The van der Waals surface area contributed by atoms with Crippen molar-refractivity contribution in [1.29, 1.82) is 0 Å². The Morgan fingerprint density at radius 1 is 1.44 bits per heavy atom. The average molecular weight is 291 g/mol. The number of nitrogens with one attached hydrogen (secondary N) is 2. The molecule has 0 unspecified atom stereocenters. The second kappa shape index (κ2) is 6.78. The summed E-state index contributed by atoms with van der Waals surface area (Å²) in [5, 5.41) is 6.18. The molecule has 7 heteroatoms. The number of rotatable bonds is 2. The molecule has 18 heavy (non-hydrogen) atoms. The summed E-state index contributed by atoms with van der Waals surface area (Å²) < 4.78 is 0. The van der Waals surface area contributed by atoms with Gasteiger partial charge in [0.1, 0.15) is 5.69 Å². The van der Waals surface area contributed by atoms with Crippen LogP contribution >= 0.6 is 24.0 Å². The highest BCUT2D eigenvalue weighted by Gasteiger charge is 2.16. The summed E-state index contributed by atoms with van der Waals surface area (Å²) in [7, 11) is 1.57. The molecule has 0 radical (unpaired) electrons. The summed E-state index contributed by atoms with van der Waals surface area (Å²) >= 11 is 6.11. The maximum absolute atomic E-state index is 11.4. The topological polar surface area (TPSA) is 57.3 Å². The monoisotopic (exact) mass is 290 g/mol. The van der Waals surface area contributed by atoms with Gasteiger partial charge in [0.05, 0.1) is 5.69 Å². The number of nitrogens with zero attached hydrogens (tertiary/aromatic N) is 2. The number of hydrogen-bond donors (Lipinski definition) is 2. The number of anilines is 1. The van der Waals surface area contributed by atoms with E-state index >= 15 is 0 Å². The smallest absolute Gasteiger partial charge is 0.269 e. The zero-order chi connectivity index (χ0) is 12.3. The SMILES string of the molecule is CNC(=O)c1ccc(N2CCNCC2)c(Cl)n1.Cl. The molecule has 2 rings (SSSR count). The third-order valence-corrected chi connectivity index (χ3v) is 3.02. The maximum atomic E-state index is 11.4. The molecule has 0 aliphatic carbocycles. The Balaban J connectivity index is 0.00000162. The van der Waals surface area contributed by atoms with Crippen LogP contribution in [0.5, 0.6) is 0 Å². The van der Waals surface area contributed by atoms with Crippen molar-refractivity contribution in [2.45, 2.75) is 0 Å². The number of aromatic nitrogens is 1. The summed E-state index contributed by atoms with van der Waals surface area (Å²) in [5.74, 6) is -0.223. The van der Waals surface area contributed by atoms with Gasteiger partial charge in [-0.1, -0.05) is 11.6 Å². The van der Waals surface area contributed by atoms with Crippen LogP contribution in [0.25, 0.3) is 0 Å². The normalized spacial score (nSPS) is 14.9. The second-order valence-corrected chi connectivity index (χ2v) is 4.18. The molecule has 0 spiro atoms. The van der Waals surface area contributed by atoms with Gasteiger partial charge < -0.3 is 15.5 Å². The van der Waals surface area contributed by atoms with Crippen molar-refractivity contribution in [2.24, 2.45) is 0 Å². The number of hydrogen-bond acceptors (Lipinski definition) is 4. The lowest BCUT2D eigenvalue weighted by Gasteiger charge is -2.29. The van der Waals surface area contributed by atoms with Crippen molar-refractivity contribution >= 4 is 35.6 Å². The van der Waals surface area contributed by atoms with E-state index in [9.17, 15) is 4.79 Å². The Labute approximate surface area is 117 Å². The molecule has 1 aromatic heterocycles. The van der Waals surface area contributed by atoms with Crippen molar-refractivity contribution in [3.63, 3.8) is 0 Å². The highest BCUT2D eigenvalue weighted by atomic mass is 35.5. The van der Waals surface area contributed by atoms with Crippen LogP contribution in [-0.2, 0) is 0 Å². The molecule has 1 aliphatic rings. The van der Waals surface area contributed by atoms with E-state index in [2.05, 4.69) is 20.5 Å². The lowest BCUT2D eigenvalue weighted by molar-refractivity contribution is 0.0958. The molecular weight excluding hydrogens is 275 g/mol. The maximum Gasteiger partial charge on any atom is 0.269 e. The molecule has 1 aromatic rings. The Kier molecular flexibility index (Phi) is 5.65. The first-order valence-electron chi connectivity index (χ1n) is 5.56. The quantitative estimate of drug-likeness (QED) is 0.796. The molecular formula is C11H16Cl2N4O. The van der Waals surface area contributed by atoms with Crippen LogP contribution in [0.2, 0.25) is 5.15 Å². The van der Waals surface area contributed by atoms with Gasteiger partial charge in [-0.3, -0.25) is 4.79 Å². The largest absolute Gasteiger partial charge is 0.366 e. The lowest BCUT2D eigenvalue weighted by Crippen LogP contribution is -2.43. The van der Waals surface area contributed by atoms with E-state index < -0.39 is 0 Å². The minimum Gasteiger partial charge on any atom is -0.366 e. The Morgan fingerprint density at radius 3 is 2.67 bits per heavy atom. The predicted molar refractivity (Wildman–Crippen MR) is 75.0 cm³/mol. The van der Waals surface area contributed by atoms with Gasteiger partial charge >= 0.3 is 0 Å². The molecule has 5 nitrogen and oxygen atoms in total. The van der Waals surface area contributed by atoms with Gasteiger partial charge in [0.15, 0.2) is 5.15 Å². The van der Waals surface area contributed by atoms with Crippen LogP contribution in [0.4, 0.5) is 5.69 Å². The second-order valence-electron chi connectivity index (χ2n) is 3.82. The van der Waals surface area contributed by atoms with Gasteiger partial charge in [0.25, 0.3) is 5.91 Å². The minimum atomic E-state index is -0.223. The summed E-state index contributed by atoms with van der Waals surface area (Å²) in [6.07, 6.45) is 0. The highest BCUT2D eigenvalue weighted by molar-refractivity contribution is 6.32. The van der Waals surface area contributed by atoms with Crippen LogP contribution in [0.1, 0.15) is 10.5 Å². The molecule has 1 amide bonds. The zero-order valence-corrected chi connectivity index (χ0v) is 11.6. The zero-order valence-electron chi connectivity index (χ0n) is 10.1.